The fourth-order valence-corrected chi connectivity index (χ4v) is 2.06. The highest BCUT2D eigenvalue weighted by molar-refractivity contribution is 5.94. The molecule has 0 aromatic heterocycles. The van der Waals surface area contributed by atoms with Crippen LogP contribution in [0.25, 0.3) is 0 Å². The van der Waals surface area contributed by atoms with Crippen molar-refractivity contribution in [2.24, 2.45) is 0 Å². The molecule has 1 aliphatic heterocycles. The predicted molar refractivity (Wildman–Crippen MR) is 78.4 cm³/mol. The van der Waals surface area contributed by atoms with E-state index in [0.29, 0.717) is 26.1 Å². The van der Waals surface area contributed by atoms with Gasteiger partial charge in [-0.25, -0.2) is 4.79 Å². The van der Waals surface area contributed by atoms with Crippen LogP contribution < -0.4 is 10.6 Å². The van der Waals surface area contributed by atoms with Crippen molar-refractivity contribution < 1.29 is 9.59 Å². The molecule has 0 spiro atoms. The van der Waals surface area contributed by atoms with Gasteiger partial charge in [-0.2, -0.15) is 0 Å². The normalized spacial score (nSPS) is 14.4. The van der Waals surface area contributed by atoms with E-state index in [1.807, 2.05) is 43.3 Å². The fourth-order valence-electron chi connectivity index (χ4n) is 2.06. The van der Waals surface area contributed by atoms with Gasteiger partial charge in [0.1, 0.15) is 0 Å². The van der Waals surface area contributed by atoms with Gasteiger partial charge in [0.2, 0.25) is 5.91 Å². The number of amides is 3. The molecule has 0 radical (unpaired) electrons. The number of hydrogen-bond acceptors (Lipinski definition) is 2. The molecule has 2 rings (SSSR count). The summed E-state index contributed by atoms with van der Waals surface area (Å²) < 4.78 is 0. The maximum Gasteiger partial charge on any atom is 0.322 e. The van der Waals surface area contributed by atoms with Crippen LogP contribution >= 0.6 is 0 Å². The predicted octanol–water partition coefficient (Wildman–Crippen LogP) is 1.99. The van der Waals surface area contributed by atoms with E-state index in [9.17, 15) is 9.59 Å². The summed E-state index contributed by atoms with van der Waals surface area (Å²) in [7, 11) is 0. The van der Waals surface area contributed by atoms with Crippen LogP contribution in [0.5, 0.6) is 0 Å². The molecule has 20 heavy (non-hydrogen) atoms. The summed E-state index contributed by atoms with van der Waals surface area (Å²) in [4.78, 5) is 25.4. The SMILES string of the molecule is CCNC(=O)C1=CCN(C(=O)Nc2ccccc2)CC1. The highest BCUT2D eigenvalue weighted by Crippen LogP contribution is 2.13. The molecule has 0 unspecified atom stereocenters. The summed E-state index contributed by atoms with van der Waals surface area (Å²) in [6.45, 7) is 3.53. The minimum absolute atomic E-state index is 0.0318. The summed E-state index contributed by atoms with van der Waals surface area (Å²) in [5.74, 6) is -0.0318. The van der Waals surface area contributed by atoms with Gasteiger partial charge < -0.3 is 15.5 Å². The van der Waals surface area contributed by atoms with E-state index in [2.05, 4.69) is 10.6 Å². The number of para-hydroxylation sites is 1. The third-order valence-electron chi connectivity index (χ3n) is 3.15. The highest BCUT2D eigenvalue weighted by Gasteiger charge is 2.20. The van der Waals surface area contributed by atoms with Gasteiger partial charge in [-0.15, -0.1) is 0 Å². The van der Waals surface area contributed by atoms with Crippen LogP contribution in [-0.2, 0) is 4.79 Å². The molecular weight excluding hydrogens is 254 g/mol. The van der Waals surface area contributed by atoms with Crippen molar-refractivity contribution in [2.45, 2.75) is 13.3 Å². The van der Waals surface area contributed by atoms with Crippen LogP contribution in [0.2, 0.25) is 0 Å². The van der Waals surface area contributed by atoms with Crippen LogP contribution in [0, 0.1) is 0 Å². The molecule has 1 heterocycles. The number of carbonyl (C=O) groups is 2. The van der Waals surface area contributed by atoms with Crippen molar-refractivity contribution in [1.29, 1.82) is 0 Å². The second kappa shape index (κ2) is 6.75. The Balaban J connectivity index is 1.90. The lowest BCUT2D eigenvalue weighted by Gasteiger charge is -2.26. The van der Waals surface area contributed by atoms with Crippen LogP contribution in [0.1, 0.15) is 13.3 Å². The van der Waals surface area contributed by atoms with Gasteiger partial charge in [-0.3, -0.25) is 4.79 Å². The maximum atomic E-state index is 12.1. The molecule has 0 bridgehead atoms. The minimum Gasteiger partial charge on any atom is -0.353 e. The summed E-state index contributed by atoms with van der Waals surface area (Å²) in [6.07, 6.45) is 2.41. The average molecular weight is 273 g/mol. The van der Waals surface area contributed by atoms with Crippen molar-refractivity contribution >= 4 is 17.6 Å². The van der Waals surface area contributed by atoms with E-state index in [1.165, 1.54) is 0 Å². The molecule has 0 aliphatic carbocycles. The molecule has 1 aromatic rings. The molecule has 5 nitrogen and oxygen atoms in total. The molecule has 5 heteroatoms. The zero-order chi connectivity index (χ0) is 14.4. The third-order valence-corrected chi connectivity index (χ3v) is 3.15. The van der Waals surface area contributed by atoms with Gasteiger partial charge in [0.05, 0.1) is 0 Å². The quantitative estimate of drug-likeness (QED) is 0.884. The standard InChI is InChI=1S/C15H19N3O2/c1-2-16-14(19)12-8-10-18(11-9-12)15(20)17-13-6-4-3-5-7-13/h3-8H,2,9-11H2,1H3,(H,16,19)(H,17,20). The van der Waals surface area contributed by atoms with Gasteiger partial charge in [-0.1, -0.05) is 24.3 Å². The molecular formula is C15H19N3O2. The highest BCUT2D eigenvalue weighted by atomic mass is 16.2. The molecule has 0 atom stereocenters. The first kappa shape index (κ1) is 14.1. The van der Waals surface area contributed by atoms with Gasteiger partial charge in [0.25, 0.3) is 0 Å². The van der Waals surface area contributed by atoms with Crippen molar-refractivity contribution in [3.05, 3.63) is 42.0 Å². The lowest BCUT2D eigenvalue weighted by atomic mass is 10.1. The van der Waals surface area contributed by atoms with Crippen molar-refractivity contribution in [3.63, 3.8) is 0 Å². The van der Waals surface area contributed by atoms with E-state index >= 15 is 0 Å². The second-order valence-corrected chi connectivity index (χ2v) is 4.58. The van der Waals surface area contributed by atoms with E-state index in [4.69, 9.17) is 0 Å². The Bertz CT molecular complexity index is 511. The largest absolute Gasteiger partial charge is 0.353 e. The first-order chi connectivity index (χ1) is 9.70. The van der Waals surface area contributed by atoms with Gasteiger partial charge >= 0.3 is 6.03 Å². The van der Waals surface area contributed by atoms with Crippen molar-refractivity contribution in [2.75, 3.05) is 25.0 Å². The number of anilines is 1. The van der Waals surface area contributed by atoms with E-state index in [0.717, 1.165) is 11.3 Å². The smallest absolute Gasteiger partial charge is 0.322 e. The molecule has 2 N–H and O–H groups in total. The Kier molecular flexibility index (Phi) is 4.76. The molecule has 1 aliphatic rings. The summed E-state index contributed by atoms with van der Waals surface area (Å²) in [6, 6.07) is 9.20. The Hall–Kier alpha value is -2.30. The number of urea groups is 1. The summed E-state index contributed by atoms with van der Waals surface area (Å²) >= 11 is 0. The summed E-state index contributed by atoms with van der Waals surface area (Å²) in [5.41, 5.74) is 1.53. The van der Waals surface area contributed by atoms with E-state index in [-0.39, 0.29) is 11.9 Å². The molecule has 106 valence electrons. The van der Waals surface area contributed by atoms with Gasteiger partial charge in [0, 0.05) is 30.9 Å². The average Bonchev–Trinajstić information content (AvgIpc) is 2.48. The summed E-state index contributed by atoms with van der Waals surface area (Å²) in [5, 5.41) is 5.61. The number of nitrogens with zero attached hydrogens (tertiary/aromatic N) is 1. The lowest BCUT2D eigenvalue weighted by Crippen LogP contribution is -2.40. The Labute approximate surface area is 118 Å². The second-order valence-electron chi connectivity index (χ2n) is 4.58. The topological polar surface area (TPSA) is 61.4 Å². The van der Waals surface area contributed by atoms with Crippen molar-refractivity contribution in [3.8, 4) is 0 Å². The Morgan fingerprint density at radius 2 is 2.00 bits per heavy atom. The zero-order valence-corrected chi connectivity index (χ0v) is 11.6. The number of benzene rings is 1. The number of carbonyl (C=O) groups excluding carboxylic acids is 2. The van der Waals surface area contributed by atoms with Gasteiger partial charge in [-0.05, 0) is 25.5 Å². The molecule has 0 fully saturated rings. The molecule has 3 amide bonds. The van der Waals surface area contributed by atoms with Crippen LogP contribution in [0.15, 0.2) is 42.0 Å². The molecule has 0 saturated heterocycles. The molecule has 0 saturated carbocycles. The number of likely N-dealkylation sites (N-methyl/N-ethyl adjacent to an activating group) is 1. The van der Waals surface area contributed by atoms with Crippen LogP contribution in [0.3, 0.4) is 0 Å². The zero-order valence-electron chi connectivity index (χ0n) is 11.6. The number of nitrogens with one attached hydrogen (secondary N) is 2. The number of hydrogen-bond donors (Lipinski definition) is 2. The first-order valence-corrected chi connectivity index (χ1v) is 6.79. The third kappa shape index (κ3) is 3.60. The molecule has 1 aromatic carbocycles. The van der Waals surface area contributed by atoms with E-state index < -0.39 is 0 Å². The van der Waals surface area contributed by atoms with Crippen molar-refractivity contribution in [1.82, 2.24) is 10.2 Å². The van der Waals surface area contributed by atoms with Crippen LogP contribution in [-0.4, -0.2) is 36.5 Å². The van der Waals surface area contributed by atoms with Crippen LogP contribution in [0.4, 0.5) is 10.5 Å². The number of rotatable bonds is 3. The minimum atomic E-state index is -0.137. The fraction of sp³-hybridized carbons (Fsp3) is 0.333. The first-order valence-electron chi connectivity index (χ1n) is 6.79. The Morgan fingerprint density at radius 1 is 1.25 bits per heavy atom. The van der Waals surface area contributed by atoms with E-state index in [1.54, 1.807) is 4.90 Å². The Morgan fingerprint density at radius 3 is 2.60 bits per heavy atom. The van der Waals surface area contributed by atoms with Gasteiger partial charge in [0.15, 0.2) is 0 Å². The maximum absolute atomic E-state index is 12.1. The monoisotopic (exact) mass is 273 g/mol. The lowest BCUT2D eigenvalue weighted by molar-refractivity contribution is -0.117.